The lowest BCUT2D eigenvalue weighted by Crippen LogP contribution is -2.28. The third-order valence-electron chi connectivity index (χ3n) is 4.81. The SMILES string of the molecule is CCCCN(C)S(=O)(=O)c1ccc(C(=O)Nc2nnc(Cc3ccc(C)cc3)o2)cc1. The van der Waals surface area contributed by atoms with E-state index < -0.39 is 15.9 Å². The van der Waals surface area contributed by atoms with Gasteiger partial charge in [0.15, 0.2) is 0 Å². The van der Waals surface area contributed by atoms with Gasteiger partial charge >= 0.3 is 6.01 Å². The summed E-state index contributed by atoms with van der Waals surface area (Å²) in [7, 11) is -2.03. The van der Waals surface area contributed by atoms with E-state index >= 15 is 0 Å². The first-order valence-corrected chi connectivity index (χ1v) is 11.5. The Morgan fingerprint density at radius 2 is 1.74 bits per heavy atom. The van der Waals surface area contributed by atoms with Crippen LogP contribution in [-0.4, -0.2) is 42.4 Å². The van der Waals surface area contributed by atoms with Crippen LogP contribution in [0.15, 0.2) is 57.8 Å². The zero-order chi connectivity index (χ0) is 22.4. The highest BCUT2D eigenvalue weighted by Gasteiger charge is 2.21. The molecule has 1 heterocycles. The Labute approximate surface area is 182 Å². The smallest absolute Gasteiger partial charge is 0.322 e. The van der Waals surface area contributed by atoms with Crippen LogP contribution < -0.4 is 5.32 Å². The van der Waals surface area contributed by atoms with Gasteiger partial charge in [-0.15, -0.1) is 5.10 Å². The Hall–Kier alpha value is -3.04. The molecule has 9 heteroatoms. The quantitative estimate of drug-likeness (QED) is 0.542. The lowest BCUT2D eigenvalue weighted by atomic mass is 10.1. The van der Waals surface area contributed by atoms with Gasteiger partial charge in [-0.05, 0) is 43.2 Å². The number of aromatic nitrogens is 2. The van der Waals surface area contributed by atoms with Crippen molar-refractivity contribution in [2.45, 2.75) is 38.0 Å². The van der Waals surface area contributed by atoms with Gasteiger partial charge in [0.2, 0.25) is 15.9 Å². The number of hydrogen-bond donors (Lipinski definition) is 1. The lowest BCUT2D eigenvalue weighted by Gasteiger charge is -2.16. The number of carbonyl (C=O) groups excluding carboxylic acids is 1. The summed E-state index contributed by atoms with van der Waals surface area (Å²) in [5.74, 6) is -0.0791. The molecule has 0 aliphatic heterocycles. The van der Waals surface area contributed by atoms with Crippen molar-refractivity contribution < 1.29 is 17.6 Å². The molecule has 0 radical (unpaired) electrons. The average Bonchev–Trinajstić information content (AvgIpc) is 3.20. The lowest BCUT2D eigenvalue weighted by molar-refractivity contribution is 0.102. The van der Waals surface area contributed by atoms with Crippen molar-refractivity contribution in [1.82, 2.24) is 14.5 Å². The van der Waals surface area contributed by atoms with Crippen molar-refractivity contribution in [2.24, 2.45) is 0 Å². The third kappa shape index (κ3) is 5.77. The van der Waals surface area contributed by atoms with E-state index in [2.05, 4.69) is 15.5 Å². The molecule has 0 atom stereocenters. The number of anilines is 1. The first-order valence-electron chi connectivity index (χ1n) is 10.1. The van der Waals surface area contributed by atoms with E-state index in [9.17, 15) is 13.2 Å². The molecule has 0 saturated carbocycles. The molecule has 0 saturated heterocycles. The van der Waals surface area contributed by atoms with Crippen molar-refractivity contribution in [3.63, 3.8) is 0 Å². The van der Waals surface area contributed by atoms with E-state index in [1.165, 1.54) is 28.6 Å². The number of rotatable bonds is 9. The molecule has 0 bridgehead atoms. The van der Waals surface area contributed by atoms with E-state index in [1.54, 1.807) is 7.05 Å². The van der Waals surface area contributed by atoms with Crippen molar-refractivity contribution in [3.05, 3.63) is 71.1 Å². The minimum Gasteiger partial charge on any atom is -0.407 e. The molecule has 0 aliphatic carbocycles. The standard InChI is InChI=1S/C22H26N4O4S/c1-4-5-14-26(3)31(28,29)19-12-10-18(11-13-19)21(27)23-22-25-24-20(30-22)15-17-8-6-16(2)7-9-17/h6-13H,4-5,14-15H2,1-3H3,(H,23,25,27). The maximum Gasteiger partial charge on any atom is 0.322 e. The molecule has 1 N–H and O–H groups in total. The van der Waals surface area contributed by atoms with Gasteiger partial charge in [-0.1, -0.05) is 48.3 Å². The number of aryl methyl sites for hydroxylation is 1. The normalized spacial score (nSPS) is 11.6. The monoisotopic (exact) mass is 442 g/mol. The van der Waals surface area contributed by atoms with Crippen LogP contribution in [0, 0.1) is 6.92 Å². The predicted octanol–water partition coefficient (Wildman–Crippen LogP) is 3.64. The van der Waals surface area contributed by atoms with Crippen LogP contribution in [0.3, 0.4) is 0 Å². The summed E-state index contributed by atoms with van der Waals surface area (Å²) in [5, 5.41) is 10.4. The Bertz CT molecular complexity index is 1120. The molecule has 8 nitrogen and oxygen atoms in total. The first-order chi connectivity index (χ1) is 14.8. The number of amides is 1. The molecule has 3 rings (SSSR count). The third-order valence-corrected chi connectivity index (χ3v) is 6.69. The molecule has 31 heavy (non-hydrogen) atoms. The molecule has 1 aromatic heterocycles. The summed E-state index contributed by atoms with van der Waals surface area (Å²) in [6.07, 6.45) is 2.15. The van der Waals surface area contributed by atoms with E-state index in [0.29, 0.717) is 18.9 Å². The maximum absolute atomic E-state index is 12.6. The highest BCUT2D eigenvalue weighted by atomic mass is 32.2. The number of sulfonamides is 1. The van der Waals surface area contributed by atoms with E-state index in [1.807, 2.05) is 38.1 Å². The predicted molar refractivity (Wildman–Crippen MR) is 117 cm³/mol. The summed E-state index contributed by atoms with van der Waals surface area (Å²) in [5.41, 5.74) is 2.47. The largest absolute Gasteiger partial charge is 0.407 e. The summed E-state index contributed by atoms with van der Waals surface area (Å²) in [6.45, 7) is 4.46. The van der Waals surface area contributed by atoms with Crippen molar-refractivity contribution in [3.8, 4) is 0 Å². The van der Waals surface area contributed by atoms with Crippen LogP contribution in [0.5, 0.6) is 0 Å². The number of unbranched alkanes of at least 4 members (excludes halogenated alkanes) is 1. The minimum absolute atomic E-state index is 0.0110. The Kier molecular flexibility index (Phi) is 7.19. The van der Waals surface area contributed by atoms with Gasteiger partial charge in [0.05, 0.1) is 11.3 Å². The number of hydrogen-bond acceptors (Lipinski definition) is 6. The Morgan fingerprint density at radius 1 is 1.06 bits per heavy atom. The molecular formula is C22H26N4O4S. The van der Waals surface area contributed by atoms with Crippen LogP contribution in [0.4, 0.5) is 6.01 Å². The van der Waals surface area contributed by atoms with Crippen molar-refractivity contribution in [1.29, 1.82) is 0 Å². The van der Waals surface area contributed by atoms with Gasteiger partial charge in [0.1, 0.15) is 0 Å². The molecule has 0 aliphatic rings. The minimum atomic E-state index is -3.58. The Morgan fingerprint density at radius 3 is 2.39 bits per heavy atom. The van der Waals surface area contributed by atoms with E-state index in [-0.39, 0.29) is 16.5 Å². The molecule has 0 unspecified atom stereocenters. The van der Waals surface area contributed by atoms with Crippen LogP contribution >= 0.6 is 0 Å². The van der Waals surface area contributed by atoms with E-state index in [4.69, 9.17) is 4.42 Å². The highest BCUT2D eigenvalue weighted by molar-refractivity contribution is 7.89. The van der Waals surface area contributed by atoms with Crippen LogP contribution in [0.2, 0.25) is 0 Å². The van der Waals surface area contributed by atoms with Gasteiger partial charge < -0.3 is 4.42 Å². The fourth-order valence-corrected chi connectivity index (χ4v) is 4.09. The summed E-state index contributed by atoms with van der Waals surface area (Å²) >= 11 is 0. The van der Waals surface area contributed by atoms with Gasteiger partial charge in [-0.3, -0.25) is 10.1 Å². The fourth-order valence-electron chi connectivity index (χ4n) is 2.88. The zero-order valence-corrected chi connectivity index (χ0v) is 18.6. The summed E-state index contributed by atoms with van der Waals surface area (Å²) < 4.78 is 32.0. The summed E-state index contributed by atoms with van der Waals surface area (Å²) in [4.78, 5) is 12.6. The number of benzene rings is 2. The number of nitrogens with zero attached hydrogens (tertiary/aromatic N) is 3. The topological polar surface area (TPSA) is 105 Å². The molecule has 3 aromatic rings. The second kappa shape index (κ2) is 9.84. The maximum atomic E-state index is 12.6. The van der Waals surface area contributed by atoms with E-state index in [0.717, 1.165) is 24.0 Å². The van der Waals surface area contributed by atoms with Gasteiger partial charge in [-0.2, -0.15) is 0 Å². The first kappa shape index (κ1) is 22.6. The molecular weight excluding hydrogens is 416 g/mol. The highest BCUT2D eigenvalue weighted by Crippen LogP contribution is 2.17. The molecule has 164 valence electrons. The zero-order valence-electron chi connectivity index (χ0n) is 17.8. The van der Waals surface area contributed by atoms with Crippen LogP contribution in [0.1, 0.15) is 47.1 Å². The van der Waals surface area contributed by atoms with Crippen molar-refractivity contribution >= 4 is 21.9 Å². The van der Waals surface area contributed by atoms with Gasteiger partial charge in [0.25, 0.3) is 5.91 Å². The molecule has 1 amide bonds. The van der Waals surface area contributed by atoms with Crippen LogP contribution in [0.25, 0.3) is 0 Å². The fraction of sp³-hybridized carbons (Fsp3) is 0.318. The van der Waals surface area contributed by atoms with Crippen molar-refractivity contribution in [2.75, 3.05) is 18.9 Å². The van der Waals surface area contributed by atoms with Crippen LogP contribution in [-0.2, 0) is 16.4 Å². The van der Waals surface area contributed by atoms with Gasteiger partial charge in [0, 0.05) is 19.2 Å². The number of carbonyl (C=O) groups is 1. The molecule has 0 fully saturated rings. The molecule has 0 spiro atoms. The second-order valence-corrected chi connectivity index (χ2v) is 9.37. The average molecular weight is 443 g/mol. The summed E-state index contributed by atoms with van der Waals surface area (Å²) in [6, 6.07) is 13.7. The number of nitrogens with one attached hydrogen (secondary N) is 1. The Balaban J connectivity index is 1.63. The second-order valence-electron chi connectivity index (χ2n) is 7.32. The van der Waals surface area contributed by atoms with Gasteiger partial charge in [-0.25, -0.2) is 12.7 Å². The molecule has 2 aromatic carbocycles.